The van der Waals surface area contributed by atoms with Gasteiger partial charge in [-0.3, -0.25) is 10.1 Å². The highest BCUT2D eigenvalue weighted by molar-refractivity contribution is 8.93. The van der Waals surface area contributed by atoms with Crippen molar-refractivity contribution in [2.75, 3.05) is 26.2 Å². The molecule has 0 heterocycles. The molecule has 174 valence electrons. The van der Waals surface area contributed by atoms with Crippen molar-refractivity contribution < 1.29 is 15.1 Å². The Morgan fingerprint density at radius 3 is 1.94 bits per heavy atom. The fourth-order valence-electron chi connectivity index (χ4n) is 3.22. The van der Waals surface area contributed by atoms with Crippen molar-refractivity contribution >= 4 is 39.7 Å². The van der Waals surface area contributed by atoms with Crippen LogP contribution in [-0.2, 0) is 12.8 Å². The smallest absolute Gasteiger partial charge is 0.317 e. The number of nitrogens with zero attached hydrogens (tertiary/aromatic N) is 1. The predicted molar refractivity (Wildman–Crippen MR) is 135 cm³/mol. The van der Waals surface area contributed by atoms with E-state index in [1.54, 1.807) is 0 Å². The van der Waals surface area contributed by atoms with Gasteiger partial charge >= 0.3 is 5.69 Å². The van der Waals surface area contributed by atoms with Gasteiger partial charge in [0.25, 0.3) is 0 Å². The maximum atomic E-state index is 11.1. The largest absolute Gasteiger partial charge is 0.504 e. The first kappa shape index (κ1) is 29.3. The highest BCUT2D eigenvalue weighted by atomic mass is 79.9. The molecule has 0 unspecified atom stereocenters. The van der Waals surface area contributed by atoms with Gasteiger partial charge in [-0.1, -0.05) is 43.2 Å². The van der Waals surface area contributed by atoms with Gasteiger partial charge in [-0.25, -0.2) is 0 Å². The van der Waals surface area contributed by atoms with E-state index in [2.05, 4.69) is 34.9 Å². The van der Waals surface area contributed by atoms with Crippen LogP contribution in [0.4, 0.5) is 5.69 Å². The van der Waals surface area contributed by atoms with Crippen LogP contribution >= 0.6 is 34.0 Å². The van der Waals surface area contributed by atoms with Gasteiger partial charge in [-0.05, 0) is 69.6 Å². The average molecular weight is 563 g/mol. The minimum atomic E-state index is -0.662. The fraction of sp³-hybridized carbons (Fsp3) is 0.455. The Hall–Kier alpha value is -1.68. The van der Waals surface area contributed by atoms with E-state index in [4.69, 9.17) is 0 Å². The predicted octanol–water partition coefficient (Wildman–Crippen LogP) is 4.69. The molecule has 0 aliphatic rings. The summed E-state index contributed by atoms with van der Waals surface area (Å²) in [5, 5.41) is 36.9. The van der Waals surface area contributed by atoms with E-state index in [-0.39, 0.29) is 34.0 Å². The van der Waals surface area contributed by atoms with E-state index < -0.39 is 22.1 Å². The molecule has 0 saturated carbocycles. The maximum absolute atomic E-state index is 11.1. The molecule has 2 aromatic carbocycles. The lowest BCUT2D eigenvalue weighted by molar-refractivity contribution is -0.386. The first-order chi connectivity index (χ1) is 14.1. The molecule has 0 aliphatic heterocycles. The van der Waals surface area contributed by atoms with Crippen molar-refractivity contribution in [2.45, 2.75) is 38.5 Å². The summed E-state index contributed by atoms with van der Waals surface area (Å²) in [6, 6.07) is 13.2. The first-order valence-electron chi connectivity index (χ1n) is 10.2. The summed E-state index contributed by atoms with van der Waals surface area (Å²) in [5.74, 6) is -1.13. The number of rotatable bonds is 14. The number of benzene rings is 2. The van der Waals surface area contributed by atoms with Crippen LogP contribution < -0.4 is 10.6 Å². The molecule has 7 nitrogen and oxygen atoms in total. The van der Waals surface area contributed by atoms with Crippen molar-refractivity contribution in [3.63, 3.8) is 0 Å². The number of aromatic hydroxyl groups is 2. The van der Waals surface area contributed by atoms with Gasteiger partial charge in [-0.15, -0.1) is 34.0 Å². The van der Waals surface area contributed by atoms with Gasteiger partial charge in [0.05, 0.1) is 4.92 Å². The average Bonchev–Trinajstić information content (AvgIpc) is 2.71. The Labute approximate surface area is 205 Å². The lowest BCUT2D eigenvalue weighted by Crippen LogP contribution is -2.19. The van der Waals surface area contributed by atoms with Crippen LogP contribution in [0.15, 0.2) is 42.5 Å². The molecule has 0 fully saturated rings. The number of hydrogen-bond acceptors (Lipinski definition) is 6. The number of phenols is 2. The minimum Gasteiger partial charge on any atom is -0.504 e. The van der Waals surface area contributed by atoms with Crippen LogP contribution in [-0.4, -0.2) is 41.3 Å². The summed E-state index contributed by atoms with van der Waals surface area (Å²) >= 11 is 0. The third kappa shape index (κ3) is 11.0. The monoisotopic (exact) mass is 561 g/mol. The van der Waals surface area contributed by atoms with Gasteiger partial charge < -0.3 is 20.8 Å². The molecule has 2 aromatic rings. The van der Waals surface area contributed by atoms with Crippen molar-refractivity contribution in [1.29, 1.82) is 0 Å². The summed E-state index contributed by atoms with van der Waals surface area (Å²) in [4.78, 5) is 10.4. The molecular weight excluding hydrogens is 530 g/mol. The molecule has 0 saturated heterocycles. The number of phenolic OH excluding ortho intramolecular Hbond substituents is 2. The van der Waals surface area contributed by atoms with Crippen LogP contribution in [0.1, 0.15) is 36.8 Å². The lowest BCUT2D eigenvalue weighted by Gasteiger charge is -2.08. The second-order valence-electron chi connectivity index (χ2n) is 7.10. The lowest BCUT2D eigenvalue weighted by atomic mass is 10.1. The molecule has 0 atom stereocenters. The maximum Gasteiger partial charge on any atom is 0.317 e. The molecule has 0 radical (unpaired) electrons. The number of nitro benzene ring substituents is 1. The van der Waals surface area contributed by atoms with E-state index in [1.807, 2.05) is 6.07 Å². The van der Waals surface area contributed by atoms with Crippen LogP contribution in [0.25, 0.3) is 0 Å². The van der Waals surface area contributed by atoms with E-state index in [0.717, 1.165) is 45.3 Å². The molecule has 9 heteroatoms. The van der Waals surface area contributed by atoms with Gasteiger partial charge in [-0.2, -0.15) is 0 Å². The molecule has 0 aliphatic carbocycles. The SMILES string of the molecule is Br.Br.O=[N+]([O-])c1c(CCNCCCCCCNCCc2ccccc2)ccc(O)c1O. The van der Waals surface area contributed by atoms with E-state index in [0.29, 0.717) is 18.5 Å². The highest BCUT2D eigenvalue weighted by Crippen LogP contribution is 2.37. The highest BCUT2D eigenvalue weighted by Gasteiger charge is 2.22. The summed E-state index contributed by atoms with van der Waals surface area (Å²) in [6.45, 7) is 3.49. The van der Waals surface area contributed by atoms with Gasteiger partial charge in [0, 0.05) is 5.56 Å². The van der Waals surface area contributed by atoms with Crippen molar-refractivity contribution in [1.82, 2.24) is 10.6 Å². The summed E-state index contributed by atoms with van der Waals surface area (Å²) in [6.07, 6.45) is 6.03. The number of nitro groups is 1. The van der Waals surface area contributed by atoms with E-state index >= 15 is 0 Å². The molecule has 0 bridgehead atoms. The van der Waals surface area contributed by atoms with Crippen molar-refractivity contribution in [3.05, 3.63) is 63.7 Å². The second-order valence-corrected chi connectivity index (χ2v) is 7.10. The number of hydrogen-bond donors (Lipinski definition) is 4. The van der Waals surface area contributed by atoms with E-state index in [1.165, 1.54) is 24.1 Å². The van der Waals surface area contributed by atoms with Gasteiger partial charge in [0.1, 0.15) is 0 Å². The molecule has 0 amide bonds. The zero-order chi connectivity index (χ0) is 20.9. The Bertz CT molecular complexity index is 764. The molecule has 31 heavy (non-hydrogen) atoms. The van der Waals surface area contributed by atoms with Crippen LogP contribution in [0.3, 0.4) is 0 Å². The summed E-state index contributed by atoms with van der Waals surface area (Å²) < 4.78 is 0. The normalized spacial score (nSPS) is 10.2. The number of nitrogens with one attached hydrogen (secondary N) is 2. The molecule has 0 spiro atoms. The zero-order valence-corrected chi connectivity index (χ0v) is 21.0. The first-order valence-corrected chi connectivity index (χ1v) is 10.2. The van der Waals surface area contributed by atoms with Crippen molar-refractivity contribution in [3.8, 4) is 11.5 Å². The van der Waals surface area contributed by atoms with Crippen LogP contribution in [0.5, 0.6) is 11.5 Å². The number of unbranched alkanes of at least 4 members (excludes halogenated alkanes) is 3. The fourth-order valence-corrected chi connectivity index (χ4v) is 3.22. The third-order valence-corrected chi connectivity index (χ3v) is 4.86. The Kier molecular flexibility index (Phi) is 16.0. The van der Waals surface area contributed by atoms with E-state index in [9.17, 15) is 20.3 Å². The topological polar surface area (TPSA) is 108 Å². The molecule has 2 rings (SSSR count). The Morgan fingerprint density at radius 1 is 0.774 bits per heavy atom. The van der Waals surface area contributed by atoms with Crippen LogP contribution in [0, 0.1) is 10.1 Å². The number of halogens is 2. The molecule has 4 N–H and O–H groups in total. The van der Waals surface area contributed by atoms with Crippen molar-refractivity contribution in [2.24, 2.45) is 0 Å². The Morgan fingerprint density at radius 2 is 1.35 bits per heavy atom. The third-order valence-electron chi connectivity index (χ3n) is 4.86. The van der Waals surface area contributed by atoms with Gasteiger partial charge in [0.2, 0.25) is 5.75 Å². The molecular formula is C22H33Br2N3O4. The zero-order valence-electron chi connectivity index (χ0n) is 17.6. The summed E-state index contributed by atoms with van der Waals surface area (Å²) in [5.41, 5.74) is 1.37. The summed E-state index contributed by atoms with van der Waals surface area (Å²) in [7, 11) is 0. The quantitative estimate of drug-likeness (QED) is 0.115. The standard InChI is InChI=1S/C22H31N3O4.2BrH/c26-20-11-10-19(21(22(20)27)25(28)29)13-17-24-15-7-2-1-6-14-23-16-12-18-8-4-3-5-9-18;;/h3-5,8-11,23-24,26-27H,1-2,6-7,12-17H2;2*1H. The second kappa shape index (κ2) is 16.9. The minimum absolute atomic E-state index is 0. The van der Waals surface area contributed by atoms with Gasteiger partial charge in [0.15, 0.2) is 5.75 Å². The molecule has 0 aromatic heterocycles. The Balaban J connectivity index is 0.00000450. The van der Waals surface area contributed by atoms with Crippen LogP contribution in [0.2, 0.25) is 0 Å².